The highest BCUT2D eigenvalue weighted by molar-refractivity contribution is 9.09. The molecule has 0 atom stereocenters. The van der Waals surface area contributed by atoms with Gasteiger partial charge in [0, 0.05) is 10.9 Å². The van der Waals surface area contributed by atoms with Crippen molar-refractivity contribution >= 4 is 22.0 Å². The standard InChI is InChI=1S/C8H6BrF2N/c9-5-1-2-6-3-4-7(10)12-8(6)11/h1-4H,5H2. The maximum atomic E-state index is 12.8. The molecule has 0 saturated carbocycles. The summed E-state index contributed by atoms with van der Waals surface area (Å²) in [6, 6.07) is 2.47. The van der Waals surface area contributed by atoms with Crippen molar-refractivity contribution in [1.82, 2.24) is 4.98 Å². The summed E-state index contributed by atoms with van der Waals surface area (Å²) in [5, 5.41) is 0.629. The Morgan fingerprint density at radius 1 is 1.42 bits per heavy atom. The fraction of sp³-hybridized carbons (Fsp3) is 0.125. The molecule has 0 N–H and O–H groups in total. The number of hydrogen-bond acceptors (Lipinski definition) is 1. The van der Waals surface area contributed by atoms with Gasteiger partial charge in [-0.15, -0.1) is 0 Å². The minimum absolute atomic E-state index is 0.288. The van der Waals surface area contributed by atoms with E-state index in [0.717, 1.165) is 6.07 Å². The van der Waals surface area contributed by atoms with Gasteiger partial charge in [0.2, 0.25) is 11.9 Å². The zero-order valence-electron chi connectivity index (χ0n) is 6.10. The van der Waals surface area contributed by atoms with Gasteiger partial charge in [0.05, 0.1) is 0 Å². The quantitative estimate of drug-likeness (QED) is 0.566. The van der Waals surface area contributed by atoms with E-state index < -0.39 is 11.9 Å². The van der Waals surface area contributed by atoms with E-state index in [-0.39, 0.29) is 5.56 Å². The molecule has 0 saturated heterocycles. The molecule has 1 rings (SSSR count). The van der Waals surface area contributed by atoms with Crippen LogP contribution in [0.25, 0.3) is 6.08 Å². The van der Waals surface area contributed by atoms with Gasteiger partial charge in [0.1, 0.15) is 0 Å². The molecule has 0 bridgehead atoms. The summed E-state index contributed by atoms with van der Waals surface area (Å²) in [7, 11) is 0. The molecule has 0 spiro atoms. The second-order valence-corrected chi connectivity index (χ2v) is 2.72. The smallest absolute Gasteiger partial charge is 0.190 e. The second kappa shape index (κ2) is 4.30. The van der Waals surface area contributed by atoms with Crippen molar-refractivity contribution in [2.24, 2.45) is 0 Å². The molecular formula is C8H6BrF2N. The lowest BCUT2D eigenvalue weighted by Crippen LogP contribution is -1.90. The van der Waals surface area contributed by atoms with Crippen LogP contribution < -0.4 is 0 Å². The molecule has 1 nitrogen and oxygen atoms in total. The highest BCUT2D eigenvalue weighted by Crippen LogP contribution is 2.07. The molecule has 0 aromatic carbocycles. The molecule has 0 aliphatic rings. The summed E-state index contributed by atoms with van der Waals surface area (Å²) >= 11 is 3.14. The summed E-state index contributed by atoms with van der Waals surface area (Å²) in [5.74, 6) is -1.59. The number of nitrogens with zero attached hydrogens (tertiary/aromatic N) is 1. The van der Waals surface area contributed by atoms with E-state index in [9.17, 15) is 8.78 Å². The molecule has 0 radical (unpaired) electrons. The molecular weight excluding hydrogens is 228 g/mol. The lowest BCUT2D eigenvalue weighted by Gasteiger charge is -1.94. The molecule has 12 heavy (non-hydrogen) atoms. The highest BCUT2D eigenvalue weighted by atomic mass is 79.9. The number of hydrogen-bond donors (Lipinski definition) is 0. The van der Waals surface area contributed by atoms with Crippen molar-refractivity contribution < 1.29 is 8.78 Å². The van der Waals surface area contributed by atoms with Crippen LogP contribution in [0.1, 0.15) is 5.56 Å². The summed E-state index contributed by atoms with van der Waals surface area (Å²) in [4.78, 5) is 3.03. The molecule has 0 aliphatic carbocycles. The van der Waals surface area contributed by atoms with E-state index in [4.69, 9.17) is 0 Å². The van der Waals surface area contributed by atoms with Crippen LogP contribution in [-0.4, -0.2) is 10.3 Å². The van der Waals surface area contributed by atoms with Crippen LogP contribution >= 0.6 is 15.9 Å². The van der Waals surface area contributed by atoms with Gasteiger partial charge in [-0.1, -0.05) is 28.1 Å². The molecule has 0 amide bonds. The van der Waals surface area contributed by atoms with Crippen molar-refractivity contribution in [2.45, 2.75) is 0 Å². The Bertz CT molecular complexity index is 299. The normalized spacial score (nSPS) is 10.9. The van der Waals surface area contributed by atoms with Crippen LogP contribution in [0.5, 0.6) is 0 Å². The van der Waals surface area contributed by atoms with Crippen molar-refractivity contribution in [3.8, 4) is 0 Å². The predicted octanol–water partition coefficient (Wildman–Crippen LogP) is 2.77. The van der Waals surface area contributed by atoms with Crippen LogP contribution in [0.2, 0.25) is 0 Å². The van der Waals surface area contributed by atoms with E-state index in [1.54, 1.807) is 6.08 Å². The zero-order valence-corrected chi connectivity index (χ0v) is 7.68. The fourth-order valence-corrected chi connectivity index (χ4v) is 0.906. The Kier molecular flexibility index (Phi) is 3.34. The van der Waals surface area contributed by atoms with Gasteiger partial charge >= 0.3 is 0 Å². The van der Waals surface area contributed by atoms with Crippen molar-refractivity contribution in [1.29, 1.82) is 0 Å². The van der Waals surface area contributed by atoms with E-state index >= 15 is 0 Å². The van der Waals surface area contributed by atoms with Crippen LogP contribution in [0, 0.1) is 11.9 Å². The van der Waals surface area contributed by atoms with Gasteiger partial charge in [-0.25, -0.2) is 0 Å². The first-order valence-electron chi connectivity index (χ1n) is 3.28. The number of allylic oxidation sites excluding steroid dienone is 1. The van der Waals surface area contributed by atoms with Crippen LogP contribution in [0.3, 0.4) is 0 Å². The number of halogens is 3. The predicted molar refractivity (Wildman–Crippen MR) is 47.0 cm³/mol. The first kappa shape index (κ1) is 9.32. The Hall–Kier alpha value is -0.770. The van der Waals surface area contributed by atoms with Crippen molar-refractivity contribution in [3.05, 3.63) is 35.7 Å². The van der Waals surface area contributed by atoms with Gasteiger partial charge < -0.3 is 0 Å². The minimum Gasteiger partial charge on any atom is -0.190 e. The maximum Gasteiger partial charge on any atom is 0.222 e. The number of aromatic nitrogens is 1. The van der Waals surface area contributed by atoms with Crippen LogP contribution in [-0.2, 0) is 0 Å². The Labute approximate surface area is 77.3 Å². The van der Waals surface area contributed by atoms with E-state index in [1.807, 2.05) is 0 Å². The first-order valence-corrected chi connectivity index (χ1v) is 4.40. The SMILES string of the molecule is Fc1ccc(C=CCBr)c(F)n1. The average Bonchev–Trinajstić information content (AvgIpc) is 2.03. The zero-order chi connectivity index (χ0) is 8.97. The lowest BCUT2D eigenvalue weighted by atomic mass is 10.2. The molecule has 4 heteroatoms. The third-order valence-electron chi connectivity index (χ3n) is 1.23. The molecule has 1 aromatic heterocycles. The van der Waals surface area contributed by atoms with E-state index in [1.165, 1.54) is 12.1 Å². The van der Waals surface area contributed by atoms with Crippen LogP contribution in [0.4, 0.5) is 8.78 Å². The molecule has 0 unspecified atom stereocenters. The van der Waals surface area contributed by atoms with Gasteiger partial charge in [-0.05, 0) is 12.1 Å². The van der Waals surface area contributed by atoms with Gasteiger partial charge in [0.15, 0.2) is 0 Å². The highest BCUT2D eigenvalue weighted by Gasteiger charge is 2.00. The van der Waals surface area contributed by atoms with Crippen LogP contribution in [0.15, 0.2) is 18.2 Å². The lowest BCUT2D eigenvalue weighted by molar-refractivity contribution is 0.511. The van der Waals surface area contributed by atoms with Gasteiger partial charge in [-0.2, -0.15) is 13.8 Å². The second-order valence-electron chi connectivity index (χ2n) is 2.07. The largest absolute Gasteiger partial charge is 0.222 e. The Balaban J connectivity index is 2.94. The molecule has 1 aromatic rings. The summed E-state index contributed by atoms with van der Waals surface area (Å²) in [6.07, 6.45) is 3.24. The summed E-state index contributed by atoms with van der Waals surface area (Å²) in [6.45, 7) is 0. The van der Waals surface area contributed by atoms with Crippen molar-refractivity contribution in [3.63, 3.8) is 0 Å². The summed E-state index contributed by atoms with van der Waals surface area (Å²) in [5.41, 5.74) is 0.288. The van der Waals surface area contributed by atoms with E-state index in [0.29, 0.717) is 5.33 Å². The van der Waals surface area contributed by atoms with Crippen molar-refractivity contribution in [2.75, 3.05) is 5.33 Å². The summed E-state index contributed by atoms with van der Waals surface area (Å²) < 4.78 is 25.0. The third-order valence-corrected chi connectivity index (χ3v) is 1.60. The maximum absolute atomic E-state index is 12.8. The van der Waals surface area contributed by atoms with Gasteiger partial charge in [0.25, 0.3) is 0 Å². The number of pyridine rings is 1. The minimum atomic E-state index is -0.802. The number of rotatable bonds is 2. The average molecular weight is 234 g/mol. The van der Waals surface area contributed by atoms with E-state index in [2.05, 4.69) is 20.9 Å². The molecule has 64 valence electrons. The number of alkyl halides is 1. The first-order chi connectivity index (χ1) is 5.74. The monoisotopic (exact) mass is 233 g/mol. The topological polar surface area (TPSA) is 12.9 Å². The third kappa shape index (κ3) is 2.37. The van der Waals surface area contributed by atoms with Gasteiger partial charge in [-0.3, -0.25) is 0 Å². The molecule has 0 fully saturated rings. The fourth-order valence-electron chi connectivity index (χ4n) is 0.719. The Morgan fingerprint density at radius 2 is 2.17 bits per heavy atom. The molecule has 1 heterocycles. The Morgan fingerprint density at radius 3 is 2.75 bits per heavy atom. The molecule has 0 aliphatic heterocycles.